The van der Waals surface area contributed by atoms with Crippen molar-refractivity contribution in [3.8, 4) is 5.75 Å². The maximum atomic E-state index is 11.9. The second kappa shape index (κ2) is 6.80. The van der Waals surface area contributed by atoms with Gasteiger partial charge in [-0.15, -0.1) is 11.6 Å². The van der Waals surface area contributed by atoms with Gasteiger partial charge in [0.15, 0.2) is 0 Å². The van der Waals surface area contributed by atoms with E-state index in [1.807, 2.05) is 45.0 Å². The molecule has 0 aliphatic heterocycles. The maximum absolute atomic E-state index is 11.9. The number of carbonyl (C=O) groups excluding carboxylic acids is 1. The van der Waals surface area contributed by atoms with E-state index in [1.54, 1.807) is 7.11 Å². The highest BCUT2D eigenvalue weighted by Gasteiger charge is 2.25. The molecule has 3 nitrogen and oxygen atoms in total. The Kier molecular flexibility index (Phi) is 5.67. The van der Waals surface area contributed by atoms with Crippen LogP contribution in [0.25, 0.3) is 0 Å². The second-order valence-electron chi connectivity index (χ2n) is 5.23. The van der Waals surface area contributed by atoms with Gasteiger partial charge in [-0.05, 0) is 44.9 Å². The van der Waals surface area contributed by atoms with Gasteiger partial charge in [0.25, 0.3) is 0 Å². The highest BCUT2D eigenvalue weighted by atomic mass is 35.5. The van der Waals surface area contributed by atoms with Crippen molar-refractivity contribution in [2.24, 2.45) is 0 Å². The van der Waals surface area contributed by atoms with Crippen molar-refractivity contribution >= 4 is 17.5 Å². The van der Waals surface area contributed by atoms with Crippen molar-refractivity contribution < 1.29 is 9.53 Å². The molecule has 0 bridgehead atoms. The normalized spacial score (nSPS) is 12.9. The van der Waals surface area contributed by atoms with Crippen LogP contribution in [0.15, 0.2) is 24.3 Å². The van der Waals surface area contributed by atoms with E-state index in [9.17, 15) is 4.79 Å². The molecule has 0 aromatic heterocycles. The van der Waals surface area contributed by atoms with E-state index in [4.69, 9.17) is 16.3 Å². The molecule has 1 unspecified atom stereocenters. The van der Waals surface area contributed by atoms with Gasteiger partial charge in [0, 0.05) is 6.42 Å². The summed E-state index contributed by atoms with van der Waals surface area (Å²) < 4.78 is 5.09. The van der Waals surface area contributed by atoms with E-state index in [2.05, 4.69) is 5.32 Å². The smallest absolute Gasteiger partial charge is 0.220 e. The average Bonchev–Trinajstić information content (AvgIpc) is 2.36. The summed E-state index contributed by atoms with van der Waals surface area (Å²) in [6.45, 7) is 5.73. The van der Waals surface area contributed by atoms with Crippen LogP contribution in [0, 0.1) is 0 Å². The molecule has 0 aliphatic carbocycles. The summed E-state index contributed by atoms with van der Waals surface area (Å²) in [4.78, 5) is 11.9. The number of hydrogen-bond donors (Lipinski definition) is 1. The summed E-state index contributed by atoms with van der Waals surface area (Å²) in [6, 6.07) is 7.75. The Labute approximate surface area is 120 Å². The minimum Gasteiger partial charge on any atom is -0.497 e. The van der Waals surface area contributed by atoms with Crippen LogP contribution < -0.4 is 10.1 Å². The molecule has 0 radical (unpaired) electrons. The van der Waals surface area contributed by atoms with E-state index in [0.717, 1.165) is 11.3 Å². The number of rotatable bonds is 6. The Morgan fingerprint density at radius 1 is 1.37 bits per heavy atom. The highest BCUT2D eigenvalue weighted by Crippen LogP contribution is 2.16. The molecule has 1 aromatic rings. The van der Waals surface area contributed by atoms with E-state index in [-0.39, 0.29) is 11.3 Å². The van der Waals surface area contributed by atoms with Gasteiger partial charge in [0.2, 0.25) is 5.91 Å². The number of aryl methyl sites for hydroxylation is 1. The van der Waals surface area contributed by atoms with E-state index >= 15 is 0 Å². The highest BCUT2D eigenvalue weighted by molar-refractivity contribution is 6.21. The number of carbonyl (C=O) groups is 1. The zero-order valence-corrected chi connectivity index (χ0v) is 12.8. The largest absolute Gasteiger partial charge is 0.497 e. The predicted octanol–water partition coefficient (Wildman–Crippen LogP) is 3.15. The maximum Gasteiger partial charge on any atom is 0.220 e. The lowest BCUT2D eigenvalue weighted by Gasteiger charge is -2.29. The van der Waals surface area contributed by atoms with Gasteiger partial charge >= 0.3 is 0 Å². The lowest BCUT2D eigenvalue weighted by atomic mass is 10.0. The van der Waals surface area contributed by atoms with Crippen LogP contribution >= 0.6 is 11.6 Å². The Morgan fingerprint density at radius 2 is 1.95 bits per heavy atom. The monoisotopic (exact) mass is 283 g/mol. The molecule has 0 saturated carbocycles. The van der Waals surface area contributed by atoms with Gasteiger partial charge in [0.1, 0.15) is 5.75 Å². The minimum absolute atomic E-state index is 0.0216. The van der Waals surface area contributed by atoms with Crippen molar-refractivity contribution in [3.63, 3.8) is 0 Å². The average molecular weight is 284 g/mol. The van der Waals surface area contributed by atoms with E-state index < -0.39 is 5.54 Å². The number of benzene rings is 1. The van der Waals surface area contributed by atoms with Gasteiger partial charge in [-0.25, -0.2) is 0 Å². The molecule has 0 aliphatic rings. The number of amides is 1. The fourth-order valence-electron chi connectivity index (χ4n) is 1.57. The van der Waals surface area contributed by atoms with Crippen LogP contribution in [0.1, 0.15) is 32.8 Å². The second-order valence-corrected chi connectivity index (χ2v) is 5.89. The molecular weight excluding hydrogens is 262 g/mol. The first-order valence-corrected chi connectivity index (χ1v) is 6.87. The lowest BCUT2D eigenvalue weighted by Crippen LogP contribution is -2.49. The summed E-state index contributed by atoms with van der Waals surface area (Å²) in [5, 5.41) is 2.84. The van der Waals surface area contributed by atoms with Gasteiger partial charge in [-0.1, -0.05) is 12.1 Å². The number of ether oxygens (including phenoxy) is 1. The number of halogens is 1. The van der Waals surface area contributed by atoms with Crippen LogP contribution in [0.5, 0.6) is 5.75 Å². The van der Waals surface area contributed by atoms with E-state index in [1.165, 1.54) is 0 Å². The SMILES string of the molecule is COc1ccc(CCC(=O)NC(C)(C)C(C)Cl)cc1. The Morgan fingerprint density at radius 3 is 2.42 bits per heavy atom. The van der Waals surface area contributed by atoms with Gasteiger partial charge < -0.3 is 10.1 Å². The van der Waals surface area contributed by atoms with Crippen LogP contribution in [0.3, 0.4) is 0 Å². The predicted molar refractivity (Wildman–Crippen MR) is 78.9 cm³/mol. The zero-order valence-electron chi connectivity index (χ0n) is 12.0. The molecule has 4 heteroatoms. The van der Waals surface area contributed by atoms with Crippen LogP contribution in [-0.2, 0) is 11.2 Å². The van der Waals surface area contributed by atoms with Crippen molar-refractivity contribution in [2.75, 3.05) is 7.11 Å². The molecule has 1 amide bonds. The summed E-state index contributed by atoms with van der Waals surface area (Å²) in [7, 11) is 1.64. The fourth-order valence-corrected chi connectivity index (χ4v) is 1.63. The molecule has 1 atom stereocenters. The number of alkyl halides is 1. The molecule has 0 spiro atoms. The molecule has 19 heavy (non-hydrogen) atoms. The molecule has 1 N–H and O–H groups in total. The Bertz CT molecular complexity index is 413. The van der Waals surface area contributed by atoms with Crippen molar-refractivity contribution in [3.05, 3.63) is 29.8 Å². The van der Waals surface area contributed by atoms with Gasteiger partial charge in [-0.3, -0.25) is 4.79 Å². The topological polar surface area (TPSA) is 38.3 Å². The quantitative estimate of drug-likeness (QED) is 0.815. The number of nitrogens with one attached hydrogen (secondary N) is 1. The zero-order chi connectivity index (χ0) is 14.5. The third-order valence-electron chi connectivity index (χ3n) is 3.26. The summed E-state index contributed by atoms with van der Waals surface area (Å²) in [5.74, 6) is 0.846. The summed E-state index contributed by atoms with van der Waals surface area (Å²) in [5.41, 5.74) is 0.728. The van der Waals surface area contributed by atoms with E-state index in [0.29, 0.717) is 12.8 Å². The molecular formula is C15H22ClNO2. The minimum atomic E-state index is -0.390. The Balaban J connectivity index is 2.45. The van der Waals surface area contributed by atoms with Crippen molar-refractivity contribution in [1.29, 1.82) is 0 Å². The van der Waals surface area contributed by atoms with Crippen LogP contribution in [0.4, 0.5) is 0 Å². The summed E-state index contributed by atoms with van der Waals surface area (Å²) in [6.07, 6.45) is 1.17. The standard InChI is InChI=1S/C15H22ClNO2/c1-11(16)15(2,3)17-14(18)10-7-12-5-8-13(19-4)9-6-12/h5-6,8-9,11H,7,10H2,1-4H3,(H,17,18). The van der Waals surface area contributed by atoms with Crippen LogP contribution in [0.2, 0.25) is 0 Å². The molecule has 106 valence electrons. The van der Waals surface area contributed by atoms with Gasteiger partial charge in [-0.2, -0.15) is 0 Å². The molecule has 1 rings (SSSR count). The van der Waals surface area contributed by atoms with Gasteiger partial charge in [0.05, 0.1) is 18.0 Å². The third kappa shape index (κ3) is 5.11. The molecule has 1 aromatic carbocycles. The molecule has 0 saturated heterocycles. The first-order chi connectivity index (χ1) is 8.85. The number of methoxy groups -OCH3 is 1. The first-order valence-electron chi connectivity index (χ1n) is 6.43. The summed E-state index contributed by atoms with van der Waals surface area (Å²) >= 11 is 6.04. The Hall–Kier alpha value is -1.22. The van der Waals surface area contributed by atoms with Crippen molar-refractivity contribution in [1.82, 2.24) is 5.32 Å². The molecule has 0 fully saturated rings. The lowest BCUT2D eigenvalue weighted by molar-refractivity contribution is -0.122. The first kappa shape index (κ1) is 15.8. The third-order valence-corrected chi connectivity index (χ3v) is 3.80. The fraction of sp³-hybridized carbons (Fsp3) is 0.533. The molecule has 0 heterocycles. The van der Waals surface area contributed by atoms with Crippen molar-refractivity contribution in [2.45, 2.75) is 44.5 Å². The number of hydrogen-bond acceptors (Lipinski definition) is 2. The van der Waals surface area contributed by atoms with Crippen LogP contribution in [-0.4, -0.2) is 23.9 Å².